The minimum Gasteiger partial charge on any atom is -0.493 e. The van der Waals surface area contributed by atoms with Gasteiger partial charge in [-0.1, -0.05) is 37.3 Å². The Hall–Kier alpha value is -3.02. The number of nitrogens with one attached hydrogen (secondary N) is 2. The minimum absolute atomic E-state index is 0.196. The number of amides is 2. The van der Waals surface area contributed by atoms with Gasteiger partial charge in [-0.05, 0) is 30.7 Å². The van der Waals surface area contributed by atoms with Crippen LogP contribution in [-0.4, -0.2) is 25.0 Å². The first-order valence-corrected chi connectivity index (χ1v) is 7.69. The number of hydrazine groups is 1. The fourth-order valence-corrected chi connectivity index (χ4v) is 1.89. The molecule has 6 nitrogen and oxygen atoms in total. The van der Waals surface area contributed by atoms with Crippen LogP contribution in [0.25, 0.3) is 0 Å². The van der Waals surface area contributed by atoms with Gasteiger partial charge in [-0.2, -0.15) is 0 Å². The van der Waals surface area contributed by atoms with E-state index in [2.05, 4.69) is 10.9 Å². The number of carbonyl (C=O) groups excluding carboxylic acids is 2. The van der Waals surface area contributed by atoms with E-state index in [1.807, 2.05) is 25.1 Å². The van der Waals surface area contributed by atoms with Crippen LogP contribution in [0.4, 0.5) is 0 Å². The molecule has 24 heavy (non-hydrogen) atoms. The van der Waals surface area contributed by atoms with Crippen LogP contribution in [0.5, 0.6) is 11.5 Å². The lowest BCUT2D eigenvalue weighted by Crippen LogP contribution is -2.43. The highest BCUT2D eigenvalue weighted by Crippen LogP contribution is 2.17. The van der Waals surface area contributed by atoms with Crippen LogP contribution in [0.15, 0.2) is 54.6 Å². The number of benzene rings is 2. The Balaban J connectivity index is 1.83. The molecule has 0 aliphatic heterocycles. The fourth-order valence-electron chi connectivity index (χ4n) is 1.89. The van der Waals surface area contributed by atoms with E-state index in [-0.39, 0.29) is 6.61 Å². The summed E-state index contributed by atoms with van der Waals surface area (Å²) >= 11 is 0. The van der Waals surface area contributed by atoms with Crippen molar-refractivity contribution in [2.24, 2.45) is 0 Å². The second kappa shape index (κ2) is 9.19. The topological polar surface area (TPSA) is 76.7 Å². The lowest BCUT2D eigenvalue weighted by Gasteiger charge is -2.12. The van der Waals surface area contributed by atoms with E-state index in [1.54, 1.807) is 36.4 Å². The zero-order valence-corrected chi connectivity index (χ0v) is 13.5. The Morgan fingerprint density at radius 3 is 2.38 bits per heavy atom. The van der Waals surface area contributed by atoms with Gasteiger partial charge in [0.1, 0.15) is 11.5 Å². The van der Waals surface area contributed by atoms with Gasteiger partial charge < -0.3 is 9.47 Å². The fraction of sp³-hybridized carbons (Fsp3) is 0.222. The van der Waals surface area contributed by atoms with Gasteiger partial charge in [-0.25, -0.2) is 0 Å². The quantitative estimate of drug-likeness (QED) is 0.765. The molecule has 0 aromatic heterocycles. The van der Waals surface area contributed by atoms with Crippen LogP contribution >= 0.6 is 0 Å². The molecule has 2 N–H and O–H groups in total. The molecule has 0 unspecified atom stereocenters. The first-order valence-electron chi connectivity index (χ1n) is 7.69. The highest BCUT2D eigenvalue weighted by Gasteiger charge is 2.13. The van der Waals surface area contributed by atoms with Crippen molar-refractivity contribution in [2.75, 3.05) is 13.2 Å². The van der Waals surface area contributed by atoms with E-state index in [0.29, 0.717) is 23.7 Å². The third-order valence-corrected chi connectivity index (χ3v) is 3.02. The van der Waals surface area contributed by atoms with Gasteiger partial charge in [-0.15, -0.1) is 0 Å². The Labute approximate surface area is 140 Å². The molecule has 126 valence electrons. The predicted octanol–water partition coefficient (Wildman–Crippen LogP) is 2.32. The van der Waals surface area contributed by atoms with Crippen molar-refractivity contribution in [3.8, 4) is 11.5 Å². The number of ether oxygens (including phenoxy) is 2. The molecule has 0 saturated carbocycles. The van der Waals surface area contributed by atoms with Gasteiger partial charge in [0.25, 0.3) is 11.8 Å². The predicted molar refractivity (Wildman–Crippen MR) is 89.8 cm³/mol. The van der Waals surface area contributed by atoms with E-state index in [9.17, 15) is 9.59 Å². The highest BCUT2D eigenvalue weighted by atomic mass is 16.5. The first kappa shape index (κ1) is 17.3. The van der Waals surface area contributed by atoms with Crippen molar-refractivity contribution in [1.82, 2.24) is 10.9 Å². The minimum atomic E-state index is -0.459. The second-order valence-electron chi connectivity index (χ2n) is 4.95. The maximum absolute atomic E-state index is 12.2. The number of hydrogen-bond donors (Lipinski definition) is 2. The summed E-state index contributed by atoms with van der Waals surface area (Å²) in [5.74, 6) is 0.151. The van der Waals surface area contributed by atoms with Crippen molar-refractivity contribution in [2.45, 2.75) is 13.3 Å². The third kappa shape index (κ3) is 5.31. The number of hydrogen-bond acceptors (Lipinski definition) is 4. The summed E-state index contributed by atoms with van der Waals surface area (Å²) in [6.45, 7) is 2.30. The van der Waals surface area contributed by atoms with E-state index in [0.717, 1.165) is 6.42 Å². The average Bonchev–Trinajstić information content (AvgIpc) is 2.63. The summed E-state index contributed by atoms with van der Waals surface area (Å²) in [5, 5.41) is 0. The SMILES string of the molecule is CCCOc1ccccc1C(=O)NNC(=O)COc1ccccc1. The Morgan fingerprint density at radius 1 is 0.917 bits per heavy atom. The molecule has 0 aliphatic carbocycles. The summed E-state index contributed by atoms with van der Waals surface area (Å²) in [7, 11) is 0. The molecular formula is C18H20N2O4. The third-order valence-electron chi connectivity index (χ3n) is 3.02. The van der Waals surface area contributed by atoms with E-state index in [4.69, 9.17) is 9.47 Å². The summed E-state index contributed by atoms with van der Waals surface area (Å²) in [6, 6.07) is 15.8. The summed E-state index contributed by atoms with van der Waals surface area (Å²) in [4.78, 5) is 23.9. The molecule has 0 heterocycles. The van der Waals surface area contributed by atoms with Crippen molar-refractivity contribution in [3.05, 3.63) is 60.2 Å². The summed E-state index contributed by atoms with van der Waals surface area (Å²) in [5.41, 5.74) is 5.03. The van der Waals surface area contributed by atoms with E-state index < -0.39 is 11.8 Å². The van der Waals surface area contributed by atoms with Gasteiger partial charge in [0.15, 0.2) is 6.61 Å². The molecule has 0 atom stereocenters. The van der Waals surface area contributed by atoms with Crippen LogP contribution in [-0.2, 0) is 4.79 Å². The molecule has 0 spiro atoms. The van der Waals surface area contributed by atoms with Crippen molar-refractivity contribution in [1.29, 1.82) is 0 Å². The Kier molecular flexibility index (Phi) is 6.64. The van der Waals surface area contributed by atoms with Gasteiger partial charge in [-0.3, -0.25) is 20.4 Å². The lowest BCUT2D eigenvalue weighted by molar-refractivity contribution is -0.123. The zero-order valence-electron chi connectivity index (χ0n) is 13.5. The van der Waals surface area contributed by atoms with E-state index >= 15 is 0 Å². The van der Waals surface area contributed by atoms with Crippen molar-refractivity contribution >= 4 is 11.8 Å². The van der Waals surface area contributed by atoms with Crippen molar-refractivity contribution in [3.63, 3.8) is 0 Å². The van der Waals surface area contributed by atoms with Gasteiger partial charge in [0, 0.05) is 0 Å². The zero-order chi connectivity index (χ0) is 17.2. The lowest BCUT2D eigenvalue weighted by atomic mass is 10.2. The van der Waals surface area contributed by atoms with Gasteiger partial charge in [0.2, 0.25) is 0 Å². The molecular weight excluding hydrogens is 308 g/mol. The van der Waals surface area contributed by atoms with Crippen molar-refractivity contribution < 1.29 is 19.1 Å². The summed E-state index contributed by atoms with van der Waals surface area (Å²) in [6.07, 6.45) is 0.837. The molecule has 0 aliphatic rings. The Bertz CT molecular complexity index is 674. The summed E-state index contributed by atoms with van der Waals surface area (Å²) < 4.78 is 10.8. The molecule has 0 saturated heterocycles. The van der Waals surface area contributed by atoms with Crippen LogP contribution < -0.4 is 20.3 Å². The standard InChI is InChI=1S/C18H20N2O4/c1-2-12-23-16-11-7-6-10-15(16)18(22)20-19-17(21)13-24-14-8-4-3-5-9-14/h3-11H,2,12-13H2,1H3,(H,19,21)(H,20,22). The maximum Gasteiger partial charge on any atom is 0.276 e. The van der Waals surface area contributed by atoms with Gasteiger partial charge in [0.05, 0.1) is 12.2 Å². The smallest absolute Gasteiger partial charge is 0.276 e. The Morgan fingerprint density at radius 2 is 1.62 bits per heavy atom. The molecule has 6 heteroatoms. The average molecular weight is 328 g/mol. The number of carbonyl (C=O) groups is 2. The molecule has 0 bridgehead atoms. The molecule has 2 aromatic carbocycles. The second-order valence-corrected chi connectivity index (χ2v) is 4.95. The maximum atomic E-state index is 12.2. The normalized spacial score (nSPS) is 9.88. The number of para-hydroxylation sites is 2. The molecule has 2 aromatic rings. The largest absolute Gasteiger partial charge is 0.493 e. The van der Waals surface area contributed by atoms with Crippen LogP contribution in [0.3, 0.4) is 0 Å². The van der Waals surface area contributed by atoms with Gasteiger partial charge >= 0.3 is 0 Å². The molecule has 0 radical (unpaired) electrons. The molecule has 0 fully saturated rings. The molecule has 2 amide bonds. The molecule has 2 rings (SSSR count). The first-order chi connectivity index (χ1) is 11.7. The van der Waals surface area contributed by atoms with Crippen LogP contribution in [0.1, 0.15) is 23.7 Å². The van der Waals surface area contributed by atoms with E-state index in [1.165, 1.54) is 0 Å². The monoisotopic (exact) mass is 328 g/mol. The highest BCUT2D eigenvalue weighted by molar-refractivity contribution is 5.97. The number of rotatable bonds is 7. The van der Waals surface area contributed by atoms with Crippen LogP contribution in [0, 0.1) is 0 Å². The van der Waals surface area contributed by atoms with Crippen LogP contribution in [0.2, 0.25) is 0 Å².